The summed E-state index contributed by atoms with van der Waals surface area (Å²) in [5.41, 5.74) is 4.22. The van der Waals surface area contributed by atoms with Crippen LogP contribution in [0.3, 0.4) is 0 Å². The first-order chi connectivity index (χ1) is 16.6. The number of phenolic OH excluding ortho intramolecular Hbond substituents is 1. The molecule has 35 heavy (non-hydrogen) atoms. The van der Waals surface area contributed by atoms with Gasteiger partial charge in [-0.05, 0) is 71.5 Å². The molecule has 7 heteroatoms. The number of ether oxygens (including phenoxy) is 1. The molecule has 3 aromatic carbocycles. The summed E-state index contributed by atoms with van der Waals surface area (Å²) in [4.78, 5) is 13.6. The van der Waals surface area contributed by atoms with Gasteiger partial charge in [0.2, 0.25) is 0 Å². The summed E-state index contributed by atoms with van der Waals surface area (Å²) in [6.07, 6.45) is -1.52. The number of benzene rings is 3. The third-order valence-corrected chi connectivity index (χ3v) is 6.50. The van der Waals surface area contributed by atoms with Crippen LogP contribution in [0.1, 0.15) is 34.7 Å². The molecule has 1 unspecified atom stereocenters. The molecule has 4 nitrogen and oxygen atoms in total. The predicted molar refractivity (Wildman–Crippen MR) is 129 cm³/mol. The second kappa shape index (κ2) is 9.49. The number of aromatic hydroxyl groups is 1. The number of halogens is 3. The Bertz CT molecular complexity index is 1230. The second-order valence-corrected chi connectivity index (χ2v) is 8.75. The van der Waals surface area contributed by atoms with E-state index in [1.165, 1.54) is 25.3 Å². The van der Waals surface area contributed by atoms with Crippen molar-refractivity contribution in [1.82, 2.24) is 0 Å². The molecule has 1 aliphatic heterocycles. The molecule has 0 aliphatic carbocycles. The highest BCUT2D eigenvalue weighted by Crippen LogP contribution is 2.44. The Kier molecular flexibility index (Phi) is 6.61. The van der Waals surface area contributed by atoms with Crippen LogP contribution in [0.5, 0.6) is 5.75 Å². The van der Waals surface area contributed by atoms with Crippen LogP contribution in [-0.2, 0) is 27.9 Å². The van der Waals surface area contributed by atoms with Crippen molar-refractivity contribution in [3.8, 4) is 5.75 Å². The zero-order valence-corrected chi connectivity index (χ0v) is 19.5. The Morgan fingerprint density at radius 1 is 1.09 bits per heavy atom. The summed E-state index contributed by atoms with van der Waals surface area (Å²) in [5.74, 6) is -0.249. The fourth-order valence-electron chi connectivity index (χ4n) is 4.74. The lowest BCUT2D eigenvalue weighted by Gasteiger charge is -2.48. The number of methoxy groups -OCH3 is 1. The first-order valence-electron chi connectivity index (χ1n) is 11.2. The number of carbonyl (C=O) groups excluding carboxylic acids is 1. The van der Waals surface area contributed by atoms with E-state index in [4.69, 9.17) is 0 Å². The largest absolute Gasteiger partial charge is 0.508 e. The van der Waals surface area contributed by atoms with Crippen molar-refractivity contribution in [3.63, 3.8) is 0 Å². The number of hydrogen-bond acceptors (Lipinski definition) is 4. The monoisotopic (exact) mass is 481 g/mol. The van der Waals surface area contributed by atoms with Crippen LogP contribution in [-0.4, -0.2) is 30.9 Å². The van der Waals surface area contributed by atoms with Gasteiger partial charge in [0.1, 0.15) is 5.75 Å². The molecule has 182 valence electrons. The van der Waals surface area contributed by atoms with Gasteiger partial charge in [-0.1, -0.05) is 42.5 Å². The average molecular weight is 482 g/mol. The van der Waals surface area contributed by atoms with Crippen LogP contribution >= 0.6 is 0 Å². The lowest BCUT2D eigenvalue weighted by Crippen LogP contribution is -2.49. The molecule has 0 bridgehead atoms. The molecule has 4 rings (SSSR count). The van der Waals surface area contributed by atoms with Crippen LogP contribution in [0, 0.1) is 0 Å². The molecule has 0 amide bonds. The molecule has 0 aromatic heterocycles. The maximum Gasteiger partial charge on any atom is 0.393 e. The number of nitrogens with zero attached hydrogens (tertiary/aromatic N) is 1. The van der Waals surface area contributed by atoms with E-state index in [0.29, 0.717) is 13.0 Å². The molecular weight excluding hydrogens is 455 g/mol. The molecule has 1 heterocycles. The zero-order chi connectivity index (χ0) is 25.2. The number of rotatable bonds is 5. The van der Waals surface area contributed by atoms with E-state index >= 15 is 0 Å². The van der Waals surface area contributed by atoms with Crippen LogP contribution in [0.25, 0.3) is 6.08 Å². The number of anilines is 1. The quantitative estimate of drug-likeness (QED) is 0.358. The molecule has 0 saturated carbocycles. The van der Waals surface area contributed by atoms with Gasteiger partial charge in [-0.3, -0.25) is 0 Å². The smallest absolute Gasteiger partial charge is 0.393 e. The fourth-order valence-corrected chi connectivity index (χ4v) is 4.74. The Balaban J connectivity index is 1.75. The maximum absolute atomic E-state index is 12.8. The lowest BCUT2D eigenvalue weighted by molar-refractivity contribution is -0.134. The van der Waals surface area contributed by atoms with Gasteiger partial charge in [-0.2, -0.15) is 13.2 Å². The molecule has 0 fully saturated rings. The number of alkyl halides is 3. The van der Waals surface area contributed by atoms with E-state index in [-0.39, 0.29) is 11.3 Å². The average Bonchev–Trinajstić information content (AvgIpc) is 2.82. The van der Waals surface area contributed by atoms with Gasteiger partial charge in [0.05, 0.1) is 19.1 Å². The van der Waals surface area contributed by atoms with Crippen molar-refractivity contribution in [3.05, 3.63) is 101 Å². The number of esters is 1. The molecule has 0 saturated heterocycles. The second-order valence-electron chi connectivity index (χ2n) is 8.75. The molecule has 1 N–H and O–H groups in total. The Hall–Kier alpha value is -3.74. The standard InChI is InChI=1S/C28H26F3NO3/c1-27(22-8-3-19(4-9-22)7-14-26(34)35-2)25-13-12-24(33)17-21(25)15-16-32(27)23-10-5-20(6-11-23)18-28(29,30)31/h3-14,17,33H,15-16,18H2,1-2H3/b14-7+. The number of hydrogen-bond donors (Lipinski definition) is 1. The van der Waals surface area contributed by atoms with Crippen LogP contribution < -0.4 is 4.90 Å². The normalized spacial score (nSPS) is 17.9. The molecule has 1 aliphatic rings. The molecular formula is C28H26F3NO3. The first-order valence-corrected chi connectivity index (χ1v) is 11.2. The van der Waals surface area contributed by atoms with Crippen molar-refractivity contribution in [2.75, 3.05) is 18.6 Å². The summed E-state index contributed by atoms with van der Waals surface area (Å²) >= 11 is 0. The van der Waals surface area contributed by atoms with Crippen molar-refractivity contribution < 1.29 is 27.8 Å². The van der Waals surface area contributed by atoms with E-state index in [1.54, 1.807) is 30.3 Å². The summed E-state index contributed by atoms with van der Waals surface area (Å²) in [5, 5.41) is 10.0. The third-order valence-electron chi connectivity index (χ3n) is 6.50. The van der Waals surface area contributed by atoms with E-state index in [2.05, 4.69) is 16.6 Å². The molecule has 1 atom stereocenters. The van der Waals surface area contributed by atoms with Gasteiger partial charge >= 0.3 is 12.1 Å². The minimum absolute atomic E-state index is 0.194. The Morgan fingerprint density at radius 2 is 1.77 bits per heavy atom. The van der Waals surface area contributed by atoms with E-state index in [0.717, 1.165) is 27.9 Å². The highest BCUT2D eigenvalue weighted by Gasteiger charge is 2.40. The van der Waals surface area contributed by atoms with Crippen molar-refractivity contribution in [2.45, 2.75) is 31.5 Å². The summed E-state index contributed by atoms with van der Waals surface area (Å²) < 4.78 is 43.1. The third kappa shape index (κ3) is 5.19. The first kappa shape index (κ1) is 24.4. The predicted octanol–water partition coefficient (Wildman–Crippen LogP) is 6.01. The van der Waals surface area contributed by atoms with Gasteiger partial charge < -0.3 is 14.7 Å². The maximum atomic E-state index is 12.8. The minimum atomic E-state index is -4.26. The van der Waals surface area contributed by atoms with Crippen LogP contribution in [0.2, 0.25) is 0 Å². The highest BCUT2D eigenvalue weighted by atomic mass is 19.4. The Morgan fingerprint density at radius 3 is 2.40 bits per heavy atom. The zero-order valence-electron chi connectivity index (χ0n) is 19.5. The molecule has 3 aromatic rings. The minimum Gasteiger partial charge on any atom is -0.508 e. The van der Waals surface area contributed by atoms with Gasteiger partial charge in [0, 0.05) is 18.3 Å². The van der Waals surface area contributed by atoms with Gasteiger partial charge in [0.15, 0.2) is 0 Å². The highest BCUT2D eigenvalue weighted by molar-refractivity contribution is 5.86. The van der Waals surface area contributed by atoms with Gasteiger partial charge in [0.25, 0.3) is 0 Å². The fraction of sp³-hybridized carbons (Fsp3) is 0.250. The van der Waals surface area contributed by atoms with Crippen molar-refractivity contribution in [1.29, 1.82) is 0 Å². The Labute approximate surface area is 202 Å². The SMILES string of the molecule is COC(=O)/C=C/c1ccc(C2(C)c3ccc(O)cc3CCN2c2ccc(CC(F)(F)F)cc2)cc1. The van der Waals surface area contributed by atoms with Gasteiger partial charge in [-0.25, -0.2) is 4.79 Å². The van der Waals surface area contributed by atoms with Crippen molar-refractivity contribution >= 4 is 17.7 Å². The number of phenols is 1. The van der Waals surface area contributed by atoms with Crippen molar-refractivity contribution in [2.24, 2.45) is 0 Å². The number of carbonyl (C=O) groups is 1. The van der Waals surface area contributed by atoms with Crippen LogP contribution in [0.4, 0.5) is 18.9 Å². The summed E-state index contributed by atoms with van der Waals surface area (Å²) in [6.45, 7) is 2.69. The lowest BCUT2D eigenvalue weighted by atomic mass is 9.76. The molecule has 0 spiro atoms. The van der Waals surface area contributed by atoms with E-state index < -0.39 is 24.1 Å². The molecule has 0 radical (unpaired) electrons. The van der Waals surface area contributed by atoms with E-state index in [9.17, 15) is 23.1 Å². The number of fused-ring (bicyclic) bond motifs is 1. The topological polar surface area (TPSA) is 49.8 Å². The van der Waals surface area contributed by atoms with Gasteiger partial charge in [-0.15, -0.1) is 0 Å². The summed E-state index contributed by atoms with van der Waals surface area (Å²) in [7, 11) is 1.32. The summed E-state index contributed by atoms with van der Waals surface area (Å²) in [6, 6.07) is 19.6. The van der Waals surface area contributed by atoms with Crippen LogP contribution in [0.15, 0.2) is 72.8 Å². The van der Waals surface area contributed by atoms with E-state index in [1.807, 2.05) is 30.3 Å².